The Labute approximate surface area is 158 Å². The van der Waals surface area contributed by atoms with Gasteiger partial charge in [0.1, 0.15) is 5.82 Å². The lowest BCUT2D eigenvalue weighted by molar-refractivity contribution is 0.0952. The van der Waals surface area contributed by atoms with Crippen molar-refractivity contribution < 1.29 is 13.2 Å². The van der Waals surface area contributed by atoms with Crippen LogP contribution in [-0.4, -0.2) is 30.4 Å². The van der Waals surface area contributed by atoms with Gasteiger partial charge in [0.15, 0.2) is 0 Å². The molecule has 27 heavy (non-hydrogen) atoms. The number of imidazole rings is 1. The number of carbonyl (C=O) groups is 1. The van der Waals surface area contributed by atoms with Gasteiger partial charge in [0.05, 0.1) is 15.9 Å². The van der Waals surface area contributed by atoms with Crippen LogP contribution in [0.1, 0.15) is 28.2 Å². The molecule has 0 unspecified atom stereocenters. The maximum absolute atomic E-state index is 12.4. The van der Waals surface area contributed by atoms with Crippen LogP contribution in [-0.2, 0) is 16.6 Å². The van der Waals surface area contributed by atoms with Crippen molar-refractivity contribution in [3.8, 4) is 0 Å². The van der Waals surface area contributed by atoms with Crippen LogP contribution in [0.15, 0.2) is 47.4 Å². The number of hydrogen-bond donors (Lipinski definition) is 2. The van der Waals surface area contributed by atoms with E-state index in [4.69, 9.17) is 5.14 Å². The van der Waals surface area contributed by atoms with Crippen molar-refractivity contribution in [2.45, 2.75) is 31.7 Å². The van der Waals surface area contributed by atoms with Crippen LogP contribution in [0, 0.1) is 13.8 Å². The van der Waals surface area contributed by atoms with Gasteiger partial charge >= 0.3 is 0 Å². The summed E-state index contributed by atoms with van der Waals surface area (Å²) in [4.78, 5) is 16.9. The smallest absolute Gasteiger partial charge is 0.251 e. The number of nitrogens with one attached hydrogen (secondary N) is 1. The average molecular weight is 386 g/mol. The maximum atomic E-state index is 12.4. The van der Waals surface area contributed by atoms with E-state index in [9.17, 15) is 13.2 Å². The topological polar surface area (TPSA) is 107 Å². The lowest BCUT2D eigenvalue weighted by atomic mass is 10.1. The van der Waals surface area contributed by atoms with Gasteiger partial charge in [-0.05, 0) is 50.1 Å². The minimum atomic E-state index is -3.85. The molecular formula is C19H22N4O3S. The van der Waals surface area contributed by atoms with Gasteiger partial charge in [-0.25, -0.2) is 18.5 Å². The van der Waals surface area contributed by atoms with E-state index in [1.165, 1.54) is 12.1 Å². The van der Waals surface area contributed by atoms with E-state index < -0.39 is 10.0 Å². The highest BCUT2D eigenvalue weighted by atomic mass is 32.2. The number of hydrogen-bond acceptors (Lipinski definition) is 4. The second-order valence-corrected chi connectivity index (χ2v) is 7.99. The quantitative estimate of drug-likeness (QED) is 0.633. The number of fused-ring (bicyclic) bond motifs is 1. The third kappa shape index (κ3) is 4.17. The standard InChI is InChI=1S/C19H22N4O3S/c1-13-8-9-15(27(20,25)26)12-16(13)19(24)21-10-5-11-23-14(2)22-17-6-3-4-7-18(17)23/h3-4,6-9,12H,5,10-11H2,1-2H3,(H,21,24)(H2,20,25,26). The van der Waals surface area contributed by atoms with E-state index in [-0.39, 0.29) is 10.8 Å². The van der Waals surface area contributed by atoms with Crippen LogP contribution in [0.3, 0.4) is 0 Å². The second-order valence-electron chi connectivity index (χ2n) is 6.43. The fourth-order valence-corrected chi connectivity index (χ4v) is 3.58. The lowest BCUT2D eigenvalue weighted by Gasteiger charge is -2.10. The summed E-state index contributed by atoms with van der Waals surface area (Å²) in [6.45, 7) is 4.90. The minimum Gasteiger partial charge on any atom is -0.352 e. The predicted molar refractivity (Wildman–Crippen MR) is 104 cm³/mol. The number of carbonyl (C=O) groups excluding carboxylic acids is 1. The second kappa shape index (κ2) is 7.50. The van der Waals surface area contributed by atoms with E-state index in [1.807, 2.05) is 31.2 Å². The van der Waals surface area contributed by atoms with Crippen molar-refractivity contribution in [1.29, 1.82) is 0 Å². The summed E-state index contributed by atoms with van der Waals surface area (Å²) >= 11 is 0. The Kier molecular flexibility index (Phi) is 5.29. The number of amides is 1. The molecule has 1 aromatic heterocycles. The van der Waals surface area contributed by atoms with Gasteiger partial charge in [-0.1, -0.05) is 18.2 Å². The summed E-state index contributed by atoms with van der Waals surface area (Å²) in [5, 5.41) is 7.98. The number of nitrogens with two attached hydrogens (primary N) is 1. The third-order valence-electron chi connectivity index (χ3n) is 4.47. The largest absolute Gasteiger partial charge is 0.352 e. The van der Waals surface area contributed by atoms with Gasteiger partial charge in [0, 0.05) is 18.7 Å². The molecule has 1 amide bonds. The highest BCUT2D eigenvalue weighted by Gasteiger charge is 2.14. The van der Waals surface area contributed by atoms with E-state index in [0.29, 0.717) is 17.7 Å². The van der Waals surface area contributed by atoms with Crippen LogP contribution in [0.5, 0.6) is 0 Å². The Morgan fingerprint density at radius 3 is 2.67 bits per heavy atom. The number of primary sulfonamides is 1. The summed E-state index contributed by atoms with van der Waals surface area (Å²) in [6, 6.07) is 12.2. The Morgan fingerprint density at radius 2 is 1.93 bits per heavy atom. The van der Waals surface area contributed by atoms with E-state index >= 15 is 0 Å². The minimum absolute atomic E-state index is 0.0706. The molecule has 0 aliphatic carbocycles. The number of aromatic nitrogens is 2. The molecule has 142 valence electrons. The van der Waals surface area contributed by atoms with E-state index in [0.717, 1.165) is 29.8 Å². The predicted octanol–water partition coefficient (Wildman–Crippen LogP) is 2.12. The lowest BCUT2D eigenvalue weighted by Crippen LogP contribution is -2.26. The number of nitrogens with zero attached hydrogens (tertiary/aromatic N) is 2. The first-order valence-corrected chi connectivity index (χ1v) is 10.2. The molecule has 0 radical (unpaired) electrons. The van der Waals surface area contributed by atoms with Gasteiger partial charge in [0.25, 0.3) is 5.91 Å². The van der Waals surface area contributed by atoms with Crippen molar-refractivity contribution in [2.24, 2.45) is 5.14 Å². The molecule has 0 aliphatic heterocycles. The average Bonchev–Trinajstić information content (AvgIpc) is 2.93. The van der Waals surface area contributed by atoms with Gasteiger partial charge in [-0.2, -0.15) is 0 Å². The fourth-order valence-electron chi connectivity index (χ4n) is 3.04. The monoisotopic (exact) mass is 386 g/mol. The zero-order chi connectivity index (χ0) is 19.6. The molecule has 8 heteroatoms. The van der Waals surface area contributed by atoms with Crippen LogP contribution < -0.4 is 10.5 Å². The van der Waals surface area contributed by atoms with Gasteiger partial charge in [-0.15, -0.1) is 0 Å². The highest BCUT2D eigenvalue weighted by Crippen LogP contribution is 2.16. The summed E-state index contributed by atoms with van der Waals surface area (Å²) in [6.07, 6.45) is 0.723. The van der Waals surface area contributed by atoms with Gasteiger partial charge in [0.2, 0.25) is 10.0 Å². The van der Waals surface area contributed by atoms with Crippen molar-refractivity contribution >= 4 is 27.0 Å². The van der Waals surface area contributed by atoms with Gasteiger partial charge in [-0.3, -0.25) is 4.79 Å². The third-order valence-corrected chi connectivity index (χ3v) is 5.38. The molecule has 3 rings (SSSR count). The molecule has 0 fully saturated rings. The van der Waals surface area contributed by atoms with Crippen molar-refractivity contribution in [3.05, 3.63) is 59.4 Å². The van der Waals surface area contributed by atoms with E-state index in [2.05, 4.69) is 14.9 Å². The molecule has 2 aromatic carbocycles. The molecular weight excluding hydrogens is 364 g/mol. The summed E-state index contributed by atoms with van der Waals surface area (Å²) in [7, 11) is -3.85. The Hall–Kier alpha value is -2.71. The van der Waals surface area contributed by atoms with Crippen LogP contribution in [0.25, 0.3) is 11.0 Å². The number of benzene rings is 2. The van der Waals surface area contributed by atoms with Crippen molar-refractivity contribution in [3.63, 3.8) is 0 Å². The zero-order valence-corrected chi connectivity index (χ0v) is 16.1. The first-order valence-electron chi connectivity index (χ1n) is 8.61. The zero-order valence-electron chi connectivity index (χ0n) is 15.3. The van der Waals surface area contributed by atoms with Crippen LogP contribution in [0.4, 0.5) is 0 Å². The van der Waals surface area contributed by atoms with Crippen molar-refractivity contribution in [1.82, 2.24) is 14.9 Å². The molecule has 0 saturated heterocycles. The van der Waals surface area contributed by atoms with Gasteiger partial charge < -0.3 is 9.88 Å². The summed E-state index contributed by atoms with van der Waals surface area (Å²) in [5.74, 6) is 0.615. The number of sulfonamides is 1. The Morgan fingerprint density at radius 1 is 1.19 bits per heavy atom. The van der Waals surface area contributed by atoms with Crippen LogP contribution >= 0.6 is 0 Å². The number of rotatable bonds is 6. The SMILES string of the molecule is Cc1ccc(S(N)(=O)=O)cc1C(=O)NCCCn1c(C)nc2ccccc21. The summed E-state index contributed by atoms with van der Waals surface area (Å²) < 4.78 is 25.1. The fraction of sp³-hybridized carbons (Fsp3) is 0.263. The molecule has 0 saturated carbocycles. The molecule has 0 bridgehead atoms. The molecule has 3 aromatic rings. The van der Waals surface area contributed by atoms with Crippen molar-refractivity contribution in [2.75, 3.05) is 6.54 Å². The number of para-hydroxylation sites is 2. The molecule has 7 nitrogen and oxygen atoms in total. The Bertz CT molecular complexity index is 1100. The number of aryl methyl sites for hydroxylation is 3. The molecule has 0 atom stereocenters. The molecule has 0 spiro atoms. The molecule has 3 N–H and O–H groups in total. The normalized spacial score (nSPS) is 11.7. The molecule has 0 aliphatic rings. The van der Waals surface area contributed by atoms with E-state index in [1.54, 1.807) is 13.0 Å². The first kappa shape index (κ1) is 19.1. The van der Waals surface area contributed by atoms with Crippen LogP contribution in [0.2, 0.25) is 0 Å². The highest BCUT2D eigenvalue weighted by molar-refractivity contribution is 7.89. The first-order chi connectivity index (χ1) is 12.8. The maximum Gasteiger partial charge on any atom is 0.251 e. The molecule has 1 heterocycles. The Balaban J connectivity index is 1.64. The summed E-state index contributed by atoms with van der Waals surface area (Å²) in [5.41, 5.74) is 3.02.